The summed E-state index contributed by atoms with van der Waals surface area (Å²) in [6.07, 6.45) is 16.5. The Morgan fingerprint density at radius 2 is 1.23 bits per heavy atom. The van der Waals surface area contributed by atoms with Crippen molar-refractivity contribution >= 4 is 16.9 Å². The highest BCUT2D eigenvalue weighted by molar-refractivity contribution is 5.89. The first kappa shape index (κ1) is 36.3. The second kappa shape index (κ2) is 12.6. The lowest BCUT2D eigenvalue weighted by Gasteiger charge is -2.76. The molecule has 7 atom stereocenters. The van der Waals surface area contributed by atoms with E-state index in [1.54, 1.807) is 11.1 Å². The third kappa shape index (κ3) is 4.79. The van der Waals surface area contributed by atoms with E-state index in [0.29, 0.717) is 5.41 Å². The molecule has 302 valence electrons. The molecule has 2 spiro atoms. The van der Waals surface area contributed by atoms with Crippen LogP contribution < -0.4 is 4.90 Å². The molecule has 7 aliphatic carbocycles. The van der Waals surface area contributed by atoms with Gasteiger partial charge in [-0.1, -0.05) is 161 Å². The Labute approximate surface area is 363 Å². The first-order valence-corrected chi connectivity index (χ1v) is 23.5. The van der Waals surface area contributed by atoms with Gasteiger partial charge in [-0.15, -0.1) is 0 Å². The number of anilines is 2. The van der Waals surface area contributed by atoms with Gasteiger partial charge in [-0.05, 0) is 170 Å². The summed E-state index contributed by atoms with van der Waals surface area (Å²) in [4.78, 5) is 2.64. The highest BCUT2D eigenvalue weighted by Crippen LogP contribution is 2.89. The number of hydrogen-bond donors (Lipinski definition) is 0. The standard InChI is InChI=1S/C60H57N/c1-57(2)31-32-58(3,4)56-49(17-12-19-51(56)57)48-16-9-11-20-53(48)61(44-26-21-40(22-27-44)39-13-6-5-7-14-39)45-28-23-41(24-29-45)42-25-30-47-46-15-8-10-18-50(46)60(52(47)35-42)54-34-38-33-43-36-55(60)59(43,54)37-38/h5-26,28-30,35,38,43-44,54-55H,27,31-34,36-37H2,1-4H3. The summed E-state index contributed by atoms with van der Waals surface area (Å²) in [7, 11) is 0. The van der Waals surface area contributed by atoms with Gasteiger partial charge in [0.1, 0.15) is 0 Å². The first-order chi connectivity index (χ1) is 29.7. The van der Waals surface area contributed by atoms with Gasteiger partial charge in [-0.25, -0.2) is 0 Å². The molecule has 0 radical (unpaired) electrons. The van der Waals surface area contributed by atoms with E-state index in [2.05, 4.69) is 190 Å². The predicted molar refractivity (Wildman–Crippen MR) is 254 cm³/mol. The van der Waals surface area contributed by atoms with Crippen molar-refractivity contribution in [2.75, 3.05) is 4.90 Å². The summed E-state index contributed by atoms with van der Waals surface area (Å²) in [6, 6.07) is 54.1. The maximum Gasteiger partial charge on any atom is 0.0560 e. The number of benzene rings is 6. The predicted octanol–water partition coefficient (Wildman–Crippen LogP) is 15.3. The van der Waals surface area contributed by atoms with Crippen LogP contribution in [-0.4, -0.2) is 6.04 Å². The van der Waals surface area contributed by atoms with Crippen LogP contribution in [0.4, 0.5) is 11.4 Å². The van der Waals surface area contributed by atoms with Crippen LogP contribution in [0.25, 0.3) is 39.0 Å². The highest BCUT2D eigenvalue weighted by atomic mass is 15.2. The Bertz CT molecular complexity index is 2840. The maximum absolute atomic E-state index is 2.64. The van der Waals surface area contributed by atoms with Crippen molar-refractivity contribution in [1.82, 2.24) is 0 Å². The number of para-hydroxylation sites is 1. The zero-order valence-electron chi connectivity index (χ0n) is 36.3. The van der Waals surface area contributed by atoms with Gasteiger partial charge in [-0.3, -0.25) is 0 Å². The largest absolute Gasteiger partial charge is 0.334 e. The molecule has 4 saturated carbocycles. The van der Waals surface area contributed by atoms with Crippen LogP contribution in [0.15, 0.2) is 158 Å². The second-order valence-electron chi connectivity index (χ2n) is 21.5. The quantitative estimate of drug-likeness (QED) is 0.162. The average Bonchev–Trinajstić information content (AvgIpc) is 3.93. The zero-order valence-corrected chi connectivity index (χ0v) is 36.3. The number of allylic oxidation sites excluding steroid dienone is 2. The van der Waals surface area contributed by atoms with Gasteiger partial charge in [0.15, 0.2) is 0 Å². The van der Waals surface area contributed by atoms with E-state index in [9.17, 15) is 0 Å². The molecule has 61 heavy (non-hydrogen) atoms. The fourth-order valence-corrected chi connectivity index (χ4v) is 15.3. The minimum absolute atomic E-state index is 0.0899. The lowest BCUT2D eigenvalue weighted by molar-refractivity contribution is -0.231. The zero-order chi connectivity index (χ0) is 40.9. The van der Waals surface area contributed by atoms with Gasteiger partial charge in [0.25, 0.3) is 0 Å². The number of hydrogen-bond acceptors (Lipinski definition) is 1. The molecule has 4 fully saturated rings. The van der Waals surface area contributed by atoms with Gasteiger partial charge in [0.05, 0.1) is 6.04 Å². The summed E-state index contributed by atoms with van der Waals surface area (Å²) < 4.78 is 0. The number of rotatable bonds is 6. The van der Waals surface area contributed by atoms with Gasteiger partial charge >= 0.3 is 0 Å². The molecule has 13 rings (SSSR count). The highest BCUT2D eigenvalue weighted by Gasteiger charge is 2.84. The SMILES string of the molecule is CC1(C)CCC(C)(C)c2c(-c3ccccc3N(c3ccc(-c4ccc5c(c4)C4(c6ccccc6-5)C5CC6CC7CC4C75C6)cc3)C3C=CC(c4ccccc4)=CC3)cccc21. The van der Waals surface area contributed by atoms with Crippen LogP contribution in [0, 0.1) is 29.1 Å². The second-order valence-corrected chi connectivity index (χ2v) is 21.5. The van der Waals surface area contributed by atoms with Gasteiger partial charge in [0.2, 0.25) is 0 Å². The Balaban J connectivity index is 0.913. The summed E-state index contributed by atoms with van der Waals surface area (Å²) in [5.41, 5.74) is 20.9. The monoisotopic (exact) mass is 791 g/mol. The van der Waals surface area contributed by atoms with E-state index in [0.717, 1.165) is 30.1 Å². The Hall–Kier alpha value is -5.40. The minimum Gasteiger partial charge on any atom is -0.334 e. The minimum atomic E-state index is 0.0899. The van der Waals surface area contributed by atoms with Crippen molar-refractivity contribution in [3.05, 3.63) is 186 Å². The van der Waals surface area contributed by atoms with Crippen LogP contribution >= 0.6 is 0 Å². The summed E-state index contributed by atoms with van der Waals surface area (Å²) in [5, 5.41) is 0. The van der Waals surface area contributed by atoms with Gasteiger partial charge < -0.3 is 4.90 Å². The third-order valence-electron chi connectivity index (χ3n) is 17.9. The fourth-order valence-electron chi connectivity index (χ4n) is 15.3. The molecular formula is C60H57N. The smallest absolute Gasteiger partial charge is 0.0560 e. The lowest BCUT2D eigenvalue weighted by atomic mass is 9.27. The van der Waals surface area contributed by atoms with Crippen LogP contribution in [0.1, 0.15) is 100 Å². The summed E-state index contributed by atoms with van der Waals surface area (Å²) >= 11 is 0. The molecule has 0 amide bonds. The normalized spacial score (nSPS) is 29.8. The van der Waals surface area contributed by atoms with Gasteiger partial charge in [0, 0.05) is 22.4 Å². The average molecular weight is 792 g/mol. The van der Waals surface area contributed by atoms with E-state index >= 15 is 0 Å². The molecule has 0 N–H and O–H groups in total. The topological polar surface area (TPSA) is 3.24 Å². The summed E-state index contributed by atoms with van der Waals surface area (Å²) in [5.74, 6) is 3.60. The maximum atomic E-state index is 2.64. The molecular weight excluding hydrogens is 735 g/mol. The molecule has 7 aliphatic rings. The van der Waals surface area contributed by atoms with Crippen molar-refractivity contribution in [3.63, 3.8) is 0 Å². The number of fused-ring (bicyclic) bond motifs is 9. The van der Waals surface area contributed by atoms with Crippen LogP contribution in [0.5, 0.6) is 0 Å². The molecule has 0 heterocycles. The molecule has 0 saturated heterocycles. The van der Waals surface area contributed by atoms with E-state index in [-0.39, 0.29) is 22.3 Å². The van der Waals surface area contributed by atoms with E-state index in [1.807, 2.05) is 0 Å². The molecule has 6 aromatic carbocycles. The molecule has 0 aliphatic heterocycles. The van der Waals surface area contributed by atoms with Crippen LogP contribution in [0.3, 0.4) is 0 Å². The van der Waals surface area contributed by atoms with Crippen molar-refractivity contribution in [2.45, 2.75) is 94.9 Å². The Kier molecular flexibility index (Phi) is 7.49. The van der Waals surface area contributed by atoms with Crippen molar-refractivity contribution in [3.8, 4) is 33.4 Å². The lowest BCUT2D eigenvalue weighted by Crippen LogP contribution is -2.73. The molecule has 0 aromatic heterocycles. The van der Waals surface area contributed by atoms with Crippen molar-refractivity contribution < 1.29 is 0 Å². The molecule has 2 bridgehead atoms. The van der Waals surface area contributed by atoms with Crippen molar-refractivity contribution in [2.24, 2.45) is 29.1 Å². The van der Waals surface area contributed by atoms with Crippen LogP contribution in [-0.2, 0) is 16.2 Å². The van der Waals surface area contributed by atoms with Crippen molar-refractivity contribution in [1.29, 1.82) is 0 Å². The molecule has 1 heteroatoms. The van der Waals surface area contributed by atoms with E-state index in [1.165, 1.54) is 106 Å². The molecule has 1 nitrogen and oxygen atoms in total. The first-order valence-electron chi connectivity index (χ1n) is 23.5. The third-order valence-corrected chi connectivity index (χ3v) is 17.9. The number of nitrogens with zero attached hydrogens (tertiary/aromatic N) is 1. The Morgan fingerprint density at radius 3 is 2.03 bits per heavy atom. The molecule has 7 unspecified atom stereocenters. The Morgan fingerprint density at radius 1 is 0.541 bits per heavy atom. The molecule has 6 aromatic rings. The summed E-state index contributed by atoms with van der Waals surface area (Å²) in [6.45, 7) is 9.81. The fraction of sp³-hybridized carbons (Fsp3) is 0.333. The van der Waals surface area contributed by atoms with Crippen LogP contribution in [0.2, 0.25) is 0 Å². The van der Waals surface area contributed by atoms with Gasteiger partial charge in [-0.2, -0.15) is 0 Å². The van der Waals surface area contributed by atoms with E-state index in [4.69, 9.17) is 0 Å². The van der Waals surface area contributed by atoms with E-state index < -0.39 is 0 Å².